The molecule has 29 heavy (non-hydrogen) atoms. The first-order valence-electron chi connectivity index (χ1n) is 8.22. The largest absolute Gasteiger partial charge is 0.491 e. The third-order valence-electron chi connectivity index (χ3n) is 4.10. The zero-order valence-electron chi connectivity index (χ0n) is 14.8. The van der Waals surface area contributed by atoms with Crippen LogP contribution in [-0.2, 0) is 10.2 Å². The van der Waals surface area contributed by atoms with E-state index in [9.17, 15) is 31.1 Å². The van der Waals surface area contributed by atoms with Crippen LogP contribution in [0.4, 0.5) is 26.3 Å². The maximum Gasteiger partial charge on any atom is 0.411 e. The lowest BCUT2D eigenvalue weighted by Gasteiger charge is -2.38. The zero-order chi connectivity index (χ0) is 21.7. The van der Waals surface area contributed by atoms with Crippen LogP contribution in [0, 0.1) is 0 Å². The van der Waals surface area contributed by atoms with Crippen molar-refractivity contribution in [3.63, 3.8) is 0 Å². The van der Waals surface area contributed by atoms with Crippen molar-refractivity contribution >= 4 is 6.29 Å². The number of ether oxygens (including phenoxy) is 2. The summed E-state index contributed by atoms with van der Waals surface area (Å²) in [6, 6.07) is 6.51. The van der Waals surface area contributed by atoms with Crippen LogP contribution in [0.25, 0.3) is 0 Å². The number of benzene rings is 2. The minimum absolute atomic E-state index is 0.0126. The van der Waals surface area contributed by atoms with E-state index >= 15 is 0 Å². The molecular formula is C19H16F6O4. The molecule has 0 atom stereocenters. The smallest absolute Gasteiger partial charge is 0.411 e. The normalized spacial score (nSPS) is 12.5. The highest BCUT2D eigenvalue weighted by molar-refractivity contribution is 5.52. The molecule has 4 nitrogen and oxygen atoms in total. The second-order valence-corrected chi connectivity index (χ2v) is 5.84. The quantitative estimate of drug-likeness (QED) is 0.515. The Balaban J connectivity index is 2.62. The fourth-order valence-corrected chi connectivity index (χ4v) is 2.88. The molecule has 0 amide bonds. The number of alkyl halides is 6. The topological polar surface area (TPSA) is 55.8 Å². The number of aldehydes is 1. The second-order valence-electron chi connectivity index (χ2n) is 5.84. The predicted octanol–water partition coefficient (Wildman–Crippen LogP) is 4.05. The molecule has 0 saturated carbocycles. The molecule has 0 bridgehead atoms. The van der Waals surface area contributed by atoms with Crippen LogP contribution in [0.1, 0.15) is 11.1 Å². The van der Waals surface area contributed by atoms with Gasteiger partial charge in [-0.1, -0.05) is 24.3 Å². The van der Waals surface area contributed by atoms with E-state index in [1.54, 1.807) is 0 Å². The Morgan fingerprint density at radius 3 is 1.52 bits per heavy atom. The lowest BCUT2D eigenvalue weighted by molar-refractivity contribution is -0.288. The van der Waals surface area contributed by atoms with Gasteiger partial charge in [-0.2, -0.15) is 26.3 Å². The highest BCUT2D eigenvalue weighted by atomic mass is 19.4. The fraction of sp³-hybridized carbons (Fsp3) is 0.316. The number of hydrogen-bond acceptors (Lipinski definition) is 4. The maximum absolute atomic E-state index is 14.0. The second kappa shape index (κ2) is 8.73. The molecule has 0 saturated heterocycles. The number of carbonyl (C=O) groups is 1. The van der Waals surface area contributed by atoms with Gasteiger partial charge < -0.3 is 14.6 Å². The highest BCUT2D eigenvalue weighted by Gasteiger charge is 2.72. The average Bonchev–Trinajstić information content (AvgIpc) is 2.65. The first kappa shape index (κ1) is 22.5. The van der Waals surface area contributed by atoms with E-state index in [4.69, 9.17) is 14.6 Å². The Bertz CT molecular complexity index is 783. The zero-order valence-corrected chi connectivity index (χ0v) is 14.8. The Labute approximate surface area is 161 Å². The number of hydrogen-bond donors (Lipinski definition) is 1. The van der Waals surface area contributed by atoms with Gasteiger partial charge in [-0.05, 0) is 35.4 Å². The first-order valence-corrected chi connectivity index (χ1v) is 8.22. The van der Waals surface area contributed by atoms with Crippen LogP contribution in [0.2, 0.25) is 0 Å². The van der Waals surface area contributed by atoms with Gasteiger partial charge in [0, 0.05) is 0 Å². The third-order valence-corrected chi connectivity index (χ3v) is 4.10. The van der Waals surface area contributed by atoms with Gasteiger partial charge in [-0.15, -0.1) is 0 Å². The van der Waals surface area contributed by atoms with Gasteiger partial charge >= 0.3 is 12.4 Å². The molecule has 2 aromatic carbocycles. The van der Waals surface area contributed by atoms with Crippen molar-refractivity contribution in [1.82, 2.24) is 0 Å². The molecule has 0 aliphatic rings. The molecule has 0 radical (unpaired) electrons. The monoisotopic (exact) mass is 422 g/mol. The lowest BCUT2D eigenvalue weighted by atomic mass is 9.73. The molecule has 0 fully saturated rings. The Morgan fingerprint density at radius 2 is 1.17 bits per heavy atom. The van der Waals surface area contributed by atoms with Gasteiger partial charge in [0.2, 0.25) is 5.41 Å². The van der Waals surface area contributed by atoms with E-state index in [0.29, 0.717) is 30.6 Å². The van der Waals surface area contributed by atoms with Crippen LogP contribution in [0.3, 0.4) is 0 Å². The minimum atomic E-state index is -5.72. The van der Waals surface area contributed by atoms with Gasteiger partial charge in [0.25, 0.3) is 0 Å². The minimum Gasteiger partial charge on any atom is -0.491 e. The summed E-state index contributed by atoms with van der Waals surface area (Å²) in [5, 5.41) is 8.70. The van der Waals surface area contributed by atoms with Gasteiger partial charge in [-0.3, -0.25) is 4.79 Å². The van der Waals surface area contributed by atoms with E-state index in [-0.39, 0.29) is 24.7 Å². The summed E-state index contributed by atoms with van der Waals surface area (Å²) in [5.74, 6) is -0.0366. The molecule has 0 aromatic heterocycles. The molecule has 2 rings (SSSR count). The fourth-order valence-electron chi connectivity index (χ4n) is 2.88. The SMILES string of the molecule is O=CCOc1ccc(C(c2ccc(OCCO)cc2)(C(F)(F)F)C(F)(F)F)cc1. The van der Waals surface area contributed by atoms with Crippen LogP contribution in [-0.4, -0.2) is 43.6 Å². The number of rotatable bonds is 8. The van der Waals surface area contributed by atoms with E-state index < -0.39 is 35.5 Å². The van der Waals surface area contributed by atoms with E-state index in [1.165, 1.54) is 0 Å². The van der Waals surface area contributed by atoms with Gasteiger partial charge in [0.05, 0.1) is 6.61 Å². The molecule has 0 heterocycles. The molecule has 0 spiro atoms. The molecule has 1 N–H and O–H groups in total. The summed E-state index contributed by atoms with van der Waals surface area (Å²) in [6.07, 6.45) is -11.0. The van der Waals surface area contributed by atoms with Crippen LogP contribution >= 0.6 is 0 Å². The first-order chi connectivity index (χ1) is 13.6. The van der Waals surface area contributed by atoms with Crippen molar-refractivity contribution < 1.29 is 45.7 Å². The van der Waals surface area contributed by atoms with Crippen molar-refractivity contribution in [2.45, 2.75) is 17.8 Å². The molecule has 158 valence electrons. The predicted molar refractivity (Wildman–Crippen MR) is 89.9 cm³/mol. The number of halogens is 6. The van der Waals surface area contributed by atoms with E-state index in [2.05, 4.69) is 0 Å². The summed E-state index contributed by atoms with van der Waals surface area (Å²) in [6.45, 7) is -0.918. The van der Waals surface area contributed by atoms with E-state index in [1.807, 2.05) is 0 Å². The Hall–Kier alpha value is -2.75. The number of carbonyl (C=O) groups excluding carboxylic acids is 1. The van der Waals surface area contributed by atoms with Gasteiger partial charge in [0.1, 0.15) is 24.7 Å². The molecule has 10 heteroatoms. The van der Waals surface area contributed by atoms with E-state index in [0.717, 1.165) is 24.3 Å². The van der Waals surface area contributed by atoms with Crippen molar-refractivity contribution in [3.8, 4) is 11.5 Å². The average molecular weight is 422 g/mol. The molecule has 0 unspecified atom stereocenters. The Morgan fingerprint density at radius 1 is 0.759 bits per heavy atom. The summed E-state index contributed by atoms with van der Waals surface area (Å²) in [5.41, 5.74) is -6.39. The highest BCUT2D eigenvalue weighted by Crippen LogP contribution is 2.56. The summed E-state index contributed by atoms with van der Waals surface area (Å²) >= 11 is 0. The number of aliphatic hydroxyl groups is 1. The lowest BCUT2D eigenvalue weighted by Crippen LogP contribution is -2.54. The summed E-state index contributed by atoms with van der Waals surface area (Å²) in [4.78, 5) is 10.3. The van der Waals surface area contributed by atoms with Crippen LogP contribution < -0.4 is 9.47 Å². The third kappa shape index (κ3) is 4.47. The molecule has 0 aliphatic heterocycles. The molecule has 0 aliphatic carbocycles. The van der Waals surface area contributed by atoms with Crippen molar-refractivity contribution in [1.29, 1.82) is 0 Å². The number of aliphatic hydroxyl groups excluding tert-OH is 1. The summed E-state index contributed by atoms with van der Waals surface area (Å²) in [7, 11) is 0. The van der Waals surface area contributed by atoms with Crippen LogP contribution in [0.15, 0.2) is 48.5 Å². The van der Waals surface area contributed by atoms with Gasteiger partial charge in [-0.25, -0.2) is 0 Å². The van der Waals surface area contributed by atoms with Gasteiger partial charge in [0.15, 0.2) is 6.29 Å². The maximum atomic E-state index is 14.0. The summed E-state index contributed by atoms with van der Waals surface area (Å²) < 4.78 is 93.8. The Kier molecular flexibility index (Phi) is 6.78. The van der Waals surface area contributed by atoms with Crippen molar-refractivity contribution in [2.75, 3.05) is 19.8 Å². The van der Waals surface area contributed by atoms with Crippen molar-refractivity contribution in [2.24, 2.45) is 0 Å². The standard InChI is InChI=1S/C19H16F6O4/c20-18(21,22)17(19(23,24)25,13-1-5-15(6-2-13)28-11-9-26)14-3-7-16(8-4-14)29-12-10-27/h1-9,27H,10-12H2. The molecular weight excluding hydrogens is 406 g/mol. The van der Waals surface area contributed by atoms with Crippen LogP contribution in [0.5, 0.6) is 11.5 Å². The van der Waals surface area contributed by atoms with Crippen molar-refractivity contribution in [3.05, 3.63) is 59.7 Å². The molecule has 2 aromatic rings.